The van der Waals surface area contributed by atoms with Gasteiger partial charge in [0.05, 0.1) is 19.1 Å². The fourth-order valence-corrected chi connectivity index (χ4v) is 3.42. The molecule has 6 heteroatoms. The third-order valence-electron chi connectivity index (χ3n) is 5.04. The zero-order chi connectivity index (χ0) is 17.1. The average molecular weight is 331 g/mol. The molecule has 2 heterocycles. The molecule has 0 aromatic heterocycles. The number of nitrogens with two attached hydrogens (primary N) is 1. The largest absolute Gasteiger partial charge is 0.378 e. The Labute approximate surface area is 142 Å². The van der Waals surface area contributed by atoms with Gasteiger partial charge in [-0.2, -0.15) is 0 Å². The fourth-order valence-electron chi connectivity index (χ4n) is 3.42. The molecule has 0 radical (unpaired) electrons. The predicted octanol–water partition coefficient (Wildman–Crippen LogP) is 1.25. The summed E-state index contributed by atoms with van der Waals surface area (Å²) in [6, 6.07) is 7.84. The zero-order valence-electron chi connectivity index (χ0n) is 14.1. The highest BCUT2D eigenvalue weighted by atomic mass is 16.5. The standard InChI is InChI=1S/C18H25N3O3/c1-13-2-3-15(17(19)22)12-21(13)18(23)14-4-6-16(7-5-14)20-8-10-24-11-9-20/h4-7,13,15H,2-3,8-12H2,1H3,(H2,19,22). The lowest BCUT2D eigenvalue weighted by molar-refractivity contribution is -0.123. The summed E-state index contributed by atoms with van der Waals surface area (Å²) in [7, 11) is 0. The van der Waals surface area contributed by atoms with Crippen LogP contribution in [0.4, 0.5) is 5.69 Å². The van der Waals surface area contributed by atoms with Crippen LogP contribution in [0.25, 0.3) is 0 Å². The van der Waals surface area contributed by atoms with E-state index in [0.29, 0.717) is 12.1 Å². The van der Waals surface area contributed by atoms with E-state index >= 15 is 0 Å². The number of ether oxygens (including phenoxy) is 1. The minimum atomic E-state index is -0.317. The first-order valence-corrected chi connectivity index (χ1v) is 8.59. The molecule has 2 unspecified atom stereocenters. The van der Waals surface area contributed by atoms with E-state index in [1.807, 2.05) is 31.2 Å². The van der Waals surface area contributed by atoms with E-state index in [0.717, 1.165) is 44.8 Å². The maximum atomic E-state index is 12.8. The van der Waals surface area contributed by atoms with E-state index in [1.54, 1.807) is 4.90 Å². The van der Waals surface area contributed by atoms with Crippen LogP contribution in [-0.2, 0) is 9.53 Å². The molecule has 3 rings (SSSR count). The van der Waals surface area contributed by atoms with Gasteiger partial charge in [0.15, 0.2) is 0 Å². The van der Waals surface area contributed by atoms with Gasteiger partial charge in [0.25, 0.3) is 5.91 Å². The highest BCUT2D eigenvalue weighted by Crippen LogP contribution is 2.24. The Bertz CT molecular complexity index is 596. The van der Waals surface area contributed by atoms with Crippen LogP contribution in [0.3, 0.4) is 0 Å². The van der Waals surface area contributed by atoms with Gasteiger partial charge in [0.2, 0.25) is 5.91 Å². The number of nitrogens with zero attached hydrogens (tertiary/aromatic N) is 2. The number of hydrogen-bond donors (Lipinski definition) is 1. The summed E-state index contributed by atoms with van der Waals surface area (Å²) in [6.07, 6.45) is 1.57. The van der Waals surface area contributed by atoms with Crippen LogP contribution < -0.4 is 10.6 Å². The van der Waals surface area contributed by atoms with Crippen LogP contribution in [0.1, 0.15) is 30.1 Å². The second-order valence-corrected chi connectivity index (χ2v) is 6.63. The SMILES string of the molecule is CC1CCC(C(N)=O)CN1C(=O)c1ccc(N2CCOCC2)cc1. The third kappa shape index (κ3) is 3.53. The lowest BCUT2D eigenvalue weighted by atomic mass is 9.92. The number of hydrogen-bond acceptors (Lipinski definition) is 4. The molecule has 1 aromatic carbocycles. The first-order valence-electron chi connectivity index (χ1n) is 8.59. The molecule has 2 N–H and O–H groups in total. The van der Waals surface area contributed by atoms with Crippen molar-refractivity contribution in [3.05, 3.63) is 29.8 Å². The molecule has 2 amide bonds. The molecule has 6 nitrogen and oxygen atoms in total. The maximum absolute atomic E-state index is 12.8. The Morgan fingerprint density at radius 3 is 2.42 bits per heavy atom. The summed E-state index contributed by atoms with van der Waals surface area (Å²) in [6.45, 7) is 5.66. The van der Waals surface area contributed by atoms with Gasteiger partial charge in [-0.3, -0.25) is 9.59 Å². The van der Waals surface area contributed by atoms with Crippen LogP contribution >= 0.6 is 0 Å². The van der Waals surface area contributed by atoms with Crippen molar-refractivity contribution in [1.29, 1.82) is 0 Å². The van der Waals surface area contributed by atoms with Gasteiger partial charge in [-0.05, 0) is 44.0 Å². The summed E-state index contributed by atoms with van der Waals surface area (Å²) in [5.41, 5.74) is 7.19. The van der Waals surface area contributed by atoms with Crippen LogP contribution in [0, 0.1) is 5.92 Å². The van der Waals surface area contributed by atoms with E-state index < -0.39 is 0 Å². The summed E-state index contributed by atoms with van der Waals surface area (Å²) < 4.78 is 5.36. The Morgan fingerprint density at radius 2 is 1.79 bits per heavy atom. The second kappa shape index (κ2) is 7.21. The van der Waals surface area contributed by atoms with Crippen molar-refractivity contribution < 1.29 is 14.3 Å². The van der Waals surface area contributed by atoms with Crippen LogP contribution in [0.5, 0.6) is 0 Å². The Kier molecular flexibility index (Phi) is 5.04. The van der Waals surface area contributed by atoms with E-state index in [4.69, 9.17) is 10.5 Å². The zero-order valence-corrected chi connectivity index (χ0v) is 14.1. The topological polar surface area (TPSA) is 75.9 Å². The molecule has 1 aromatic rings. The number of carbonyl (C=O) groups excluding carboxylic acids is 2. The molecule has 2 aliphatic heterocycles. The molecule has 130 valence electrons. The van der Waals surface area contributed by atoms with Gasteiger partial charge in [0.1, 0.15) is 0 Å². The maximum Gasteiger partial charge on any atom is 0.254 e. The molecule has 2 saturated heterocycles. The molecular weight excluding hydrogens is 306 g/mol. The van der Waals surface area contributed by atoms with Crippen molar-refractivity contribution >= 4 is 17.5 Å². The fraction of sp³-hybridized carbons (Fsp3) is 0.556. The molecular formula is C18H25N3O3. The molecule has 24 heavy (non-hydrogen) atoms. The summed E-state index contributed by atoms with van der Waals surface area (Å²) >= 11 is 0. The normalized spacial score (nSPS) is 24.7. The molecule has 2 aliphatic rings. The number of piperidine rings is 1. The number of benzene rings is 1. The summed E-state index contributed by atoms with van der Waals surface area (Å²) in [5, 5.41) is 0. The van der Waals surface area contributed by atoms with Gasteiger partial charge < -0.3 is 20.3 Å². The van der Waals surface area contributed by atoms with Gasteiger partial charge in [-0.25, -0.2) is 0 Å². The van der Waals surface area contributed by atoms with E-state index in [-0.39, 0.29) is 23.8 Å². The first kappa shape index (κ1) is 16.8. The predicted molar refractivity (Wildman–Crippen MR) is 91.9 cm³/mol. The van der Waals surface area contributed by atoms with Gasteiger partial charge >= 0.3 is 0 Å². The first-order chi connectivity index (χ1) is 11.6. The smallest absolute Gasteiger partial charge is 0.254 e. The lowest BCUT2D eigenvalue weighted by Gasteiger charge is -2.37. The average Bonchev–Trinajstić information content (AvgIpc) is 2.62. The minimum Gasteiger partial charge on any atom is -0.378 e. The van der Waals surface area contributed by atoms with Crippen LogP contribution in [-0.4, -0.2) is 55.6 Å². The van der Waals surface area contributed by atoms with Crippen molar-refractivity contribution in [2.24, 2.45) is 11.7 Å². The Balaban J connectivity index is 1.70. The van der Waals surface area contributed by atoms with E-state index in [2.05, 4.69) is 4.90 Å². The third-order valence-corrected chi connectivity index (χ3v) is 5.04. The second-order valence-electron chi connectivity index (χ2n) is 6.63. The number of primary amides is 1. The molecule has 0 aliphatic carbocycles. The summed E-state index contributed by atoms with van der Waals surface area (Å²) in [5.74, 6) is -0.581. The van der Waals surface area contributed by atoms with Crippen molar-refractivity contribution in [3.8, 4) is 0 Å². The van der Waals surface area contributed by atoms with E-state index in [1.165, 1.54) is 0 Å². The molecule has 0 bridgehead atoms. The van der Waals surface area contributed by atoms with Gasteiger partial charge in [-0.1, -0.05) is 0 Å². The molecule has 0 spiro atoms. The number of carbonyl (C=O) groups is 2. The van der Waals surface area contributed by atoms with Crippen molar-refractivity contribution in [2.75, 3.05) is 37.7 Å². The number of likely N-dealkylation sites (tertiary alicyclic amines) is 1. The summed E-state index contributed by atoms with van der Waals surface area (Å²) in [4.78, 5) is 28.3. The number of morpholine rings is 1. The van der Waals surface area contributed by atoms with Gasteiger partial charge in [0, 0.05) is 36.9 Å². The highest BCUT2D eigenvalue weighted by Gasteiger charge is 2.32. The highest BCUT2D eigenvalue weighted by molar-refractivity contribution is 5.95. The Morgan fingerprint density at radius 1 is 1.12 bits per heavy atom. The minimum absolute atomic E-state index is 0.0259. The number of anilines is 1. The number of amides is 2. The van der Waals surface area contributed by atoms with Crippen molar-refractivity contribution in [1.82, 2.24) is 4.90 Å². The molecule has 2 atom stereocenters. The van der Waals surface area contributed by atoms with Crippen molar-refractivity contribution in [3.63, 3.8) is 0 Å². The van der Waals surface area contributed by atoms with Crippen LogP contribution in [0.2, 0.25) is 0 Å². The quantitative estimate of drug-likeness (QED) is 0.904. The van der Waals surface area contributed by atoms with Gasteiger partial charge in [-0.15, -0.1) is 0 Å². The monoisotopic (exact) mass is 331 g/mol. The number of rotatable bonds is 3. The molecule has 0 saturated carbocycles. The van der Waals surface area contributed by atoms with Crippen LogP contribution in [0.15, 0.2) is 24.3 Å². The van der Waals surface area contributed by atoms with E-state index in [9.17, 15) is 9.59 Å². The lowest BCUT2D eigenvalue weighted by Crippen LogP contribution is -2.48. The van der Waals surface area contributed by atoms with Crippen molar-refractivity contribution in [2.45, 2.75) is 25.8 Å². The Hall–Kier alpha value is -2.08. The molecule has 2 fully saturated rings.